The maximum absolute atomic E-state index is 11.5. The van der Waals surface area contributed by atoms with E-state index in [9.17, 15) is 4.79 Å². The number of carbonyl (C=O) groups excluding carboxylic acids is 1. The first-order chi connectivity index (χ1) is 8.84. The molecule has 1 aliphatic heterocycles. The molecule has 18 heavy (non-hydrogen) atoms. The van der Waals surface area contributed by atoms with Crippen molar-refractivity contribution in [1.82, 2.24) is 0 Å². The number of benzene rings is 1. The Balaban J connectivity index is 1.73. The minimum Gasteiger partial charge on any atom is -0.458 e. The fourth-order valence-corrected chi connectivity index (χ4v) is 1.90. The van der Waals surface area contributed by atoms with Crippen molar-refractivity contribution in [3.05, 3.63) is 48.0 Å². The van der Waals surface area contributed by atoms with E-state index in [1.807, 2.05) is 36.4 Å². The highest BCUT2D eigenvalue weighted by Gasteiger charge is 2.10. The largest absolute Gasteiger partial charge is 0.458 e. The molecular weight excluding hydrogens is 228 g/mol. The topological polar surface area (TPSA) is 35.5 Å². The standard InChI is InChI=1S/C15H18O3/c16-15(7-6-13-8-10-17-11-9-13)18-12-14-4-2-1-3-5-14/h1-7,13H,8-12H2/b7-6+. The van der Waals surface area contributed by atoms with Crippen molar-refractivity contribution in [3.8, 4) is 0 Å². The Labute approximate surface area is 107 Å². The molecule has 0 aromatic heterocycles. The number of hydrogen-bond acceptors (Lipinski definition) is 3. The quantitative estimate of drug-likeness (QED) is 0.605. The highest BCUT2D eigenvalue weighted by atomic mass is 16.5. The molecule has 0 radical (unpaired) electrons. The molecule has 0 amide bonds. The summed E-state index contributed by atoms with van der Waals surface area (Å²) >= 11 is 0. The molecule has 1 aromatic rings. The predicted octanol–water partition coefficient (Wildman–Crippen LogP) is 2.71. The van der Waals surface area contributed by atoms with Gasteiger partial charge in [-0.1, -0.05) is 36.4 Å². The molecule has 0 aliphatic carbocycles. The lowest BCUT2D eigenvalue weighted by Crippen LogP contribution is -2.14. The second-order valence-corrected chi connectivity index (χ2v) is 4.40. The van der Waals surface area contributed by atoms with E-state index in [4.69, 9.17) is 9.47 Å². The Bertz CT molecular complexity index is 391. The first-order valence-electron chi connectivity index (χ1n) is 6.31. The molecule has 0 unspecified atom stereocenters. The summed E-state index contributed by atoms with van der Waals surface area (Å²) in [7, 11) is 0. The van der Waals surface area contributed by atoms with E-state index in [2.05, 4.69) is 0 Å². The van der Waals surface area contributed by atoms with E-state index in [-0.39, 0.29) is 5.97 Å². The van der Waals surface area contributed by atoms with Crippen LogP contribution in [0.25, 0.3) is 0 Å². The van der Waals surface area contributed by atoms with Crippen LogP contribution in [-0.4, -0.2) is 19.2 Å². The summed E-state index contributed by atoms with van der Waals surface area (Å²) < 4.78 is 10.4. The summed E-state index contributed by atoms with van der Waals surface area (Å²) in [6.45, 7) is 1.90. The van der Waals surface area contributed by atoms with Crippen molar-refractivity contribution >= 4 is 5.97 Å². The lowest BCUT2D eigenvalue weighted by atomic mass is 10.00. The zero-order chi connectivity index (χ0) is 12.6. The van der Waals surface area contributed by atoms with Crippen LogP contribution in [0.4, 0.5) is 0 Å². The fraction of sp³-hybridized carbons (Fsp3) is 0.400. The molecule has 3 nitrogen and oxygen atoms in total. The van der Waals surface area contributed by atoms with Gasteiger partial charge >= 0.3 is 5.97 Å². The van der Waals surface area contributed by atoms with Crippen LogP contribution in [0.1, 0.15) is 18.4 Å². The highest BCUT2D eigenvalue weighted by molar-refractivity contribution is 5.81. The normalized spacial score (nSPS) is 16.9. The van der Waals surface area contributed by atoms with Gasteiger partial charge in [0.05, 0.1) is 0 Å². The molecule has 0 atom stereocenters. The summed E-state index contributed by atoms with van der Waals surface area (Å²) in [6, 6.07) is 9.68. The maximum Gasteiger partial charge on any atom is 0.330 e. The van der Waals surface area contributed by atoms with Gasteiger partial charge in [-0.15, -0.1) is 0 Å². The molecule has 0 N–H and O–H groups in total. The Morgan fingerprint density at radius 3 is 2.72 bits per heavy atom. The van der Waals surface area contributed by atoms with Gasteiger partial charge in [0.15, 0.2) is 0 Å². The van der Waals surface area contributed by atoms with E-state index >= 15 is 0 Å². The van der Waals surface area contributed by atoms with Crippen molar-refractivity contribution in [3.63, 3.8) is 0 Å². The second-order valence-electron chi connectivity index (χ2n) is 4.40. The molecule has 0 spiro atoms. The molecule has 1 heterocycles. The minimum absolute atomic E-state index is 0.273. The van der Waals surface area contributed by atoms with Crippen LogP contribution in [0.15, 0.2) is 42.5 Å². The summed E-state index contributed by atoms with van der Waals surface area (Å²) in [6.07, 6.45) is 5.46. The van der Waals surface area contributed by atoms with Gasteiger partial charge in [0.2, 0.25) is 0 Å². The average molecular weight is 246 g/mol. The monoisotopic (exact) mass is 246 g/mol. The minimum atomic E-state index is -0.273. The molecule has 1 fully saturated rings. The first-order valence-corrected chi connectivity index (χ1v) is 6.31. The third-order valence-electron chi connectivity index (χ3n) is 2.99. The third kappa shape index (κ3) is 4.34. The van der Waals surface area contributed by atoms with Crippen LogP contribution < -0.4 is 0 Å². The Kier molecular flexibility index (Phi) is 4.97. The highest BCUT2D eigenvalue weighted by Crippen LogP contribution is 2.15. The number of carbonyl (C=O) groups is 1. The van der Waals surface area contributed by atoms with E-state index in [1.165, 1.54) is 0 Å². The third-order valence-corrected chi connectivity index (χ3v) is 2.99. The SMILES string of the molecule is O=C(/C=C/C1CCOCC1)OCc1ccccc1. The summed E-state index contributed by atoms with van der Waals surface area (Å²) in [5.41, 5.74) is 1.00. The smallest absolute Gasteiger partial charge is 0.330 e. The molecule has 2 rings (SSSR count). The van der Waals surface area contributed by atoms with Crippen LogP contribution in [0, 0.1) is 5.92 Å². The van der Waals surface area contributed by atoms with Crippen molar-refractivity contribution < 1.29 is 14.3 Å². The lowest BCUT2D eigenvalue weighted by Gasteiger charge is -2.18. The van der Waals surface area contributed by atoms with E-state index < -0.39 is 0 Å². The number of allylic oxidation sites excluding steroid dienone is 1. The van der Waals surface area contributed by atoms with Crippen molar-refractivity contribution in [2.45, 2.75) is 19.4 Å². The summed E-state index contributed by atoms with van der Waals surface area (Å²) in [4.78, 5) is 11.5. The van der Waals surface area contributed by atoms with Gasteiger partial charge in [-0.3, -0.25) is 0 Å². The van der Waals surface area contributed by atoms with Gasteiger partial charge in [-0.25, -0.2) is 4.79 Å². The van der Waals surface area contributed by atoms with Crippen LogP contribution in [-0.2, 0) is 20.9 Å². The molecule has 1 aromatic carbocycles. The summed E-state index contributed by atoms with van der Waals surface area (Å²) in [5.74, 6) is 0.174. The first kappa shape index (κ1) is 12.8. The molecule has 1 saturated heterocycles. The van der Waals surface area contributed by atoms with E-state index in [1.54, 1.807) is 6.08 Å². The molecule has 0 bridgehead atoms. The van der Waals surface area contributed by atoms with Gasteiger partial charge in [0, 0.05) is 19.3 Å². The van der Waals surface area contributed by atoms with Gasteiger partial charge < -0.3 is 9.47 Å². The van der Waals surface area contributed by atoms with Crippen LogP contribution in [0.5, 0.6) is 0 Å². The Hall–Kier alpha value is -1.61. The van der Waals surface area contributed by atoms with Crippen molar-refractivity contribution in [2.24, 2.45) is 5.92 Å². The van der Waals surface area contributed by atoms with Crippen LogP contribution in [0.2, 0.25) is 0 Å². The summed E-state index contributed by atoms with van der Waals surface area (Å²) in [5, 5.41) is 0. The van der Waals surface area contributed by atoms with Gasteiger partial charge in [-0.05, 0) is 24.3 Å². The van der Waals surface area contributed by atoms with Crippen molar-refractivity contribution in [1.29, 1.82) is 0 Å². The zero-order valence-electron chi connectivity index (χ0n) is 10.4. The van der Waals surface area contributed by atoms with E-state index in [0.717, 1.165) is 31.6 Å². The molecule has 96 valence electrons. The van der Waals surface area contributed by atoms with Gasteiger partial charge in [0.25, 0.3) is 0 Å². The van der Waals surface area contributed by atoms with Crippen LogP contribution in [0.3, 0.4) is 0 Å². The molecule has 0 saturated carbocycles. The second kappa shape index (κ2) is 6.97. The van der Waals surface area contributed by atoms with Crippen molar-refractivity contribution in [2.75, 3.05) is 13.2 Å². The Morgan fingerprint density at radius 2 is 2.00 bits per heavy atom. The number of hydrogen-bond donors (Lipinski definition) is 0. The zero-order valence-corrected chi connectivity index (χ0v) is 10.4. The number of rotatable bonds is 4. The maximum atomic E-state index is 11.5. The van der Waals surface area contributed by atoms with Gasteiger partial charge in [0.1, 0.15) is 6.61 Å². The fourth-order valence-electron chi connectivity index (χ4n) is 1.90. The Morgan fingerprint density at radius 1 is 1.28 bits per heavy atom. The number of ether oxygens (including phenoxy) is 2. The average Bonchev–Trinajstić information content (AvgIpc) is 2.45. The molecular formula is C15H18O3. The molecule has 1 aliphatic rings. The lowest BCUT2D eigenvalue weighted by molar-refractivity contribution is -0.139. The van der Waals surface area contributed by atoms with Gasteiger partial charge in [-0.2, -0.15) is 0 Å². The predicted molar refractivity (Wildman–Crippen MR) is 68.9 cm³/mol. The molecule has 3 heteroatoms. The van der Waals surface area contributed by atoms with E-state index in [0.29, 0.717) is 12.5 Å². The number of esters is 1. The van der Waals surface area contributed by atoms with Crippen LogP contribution >= 0.6 is 0 Å².